The highest BCUT2D eigenvalue weighted by atomic mass is 16.6. The molecule has 0 aromatic heterocycles. The molecule has 0 aliphatic carbocycles. The van der Waals surface area contributed by atoms with E-state index in [4.69, 9.17) is 4.74 Å². The molecular weight excluding hydrogens is 172 g/mol. The molecule has 0 rings (SSSR count). The maximum Gasteiger partial charge on any atom is 0.332 e. The zero-order valence-corrected chi connectivity index (χ0v) is 7.91. The first-order valence-corrected chi connectivity index (χ1v) is 3.91. The Morgan fingerprint density at radius 3 is 2.54 bits per heavy atom. The number of rotatable bonds is 6. The fraction of sp³-hybridized carbons (Fsp3) is 0.556. The third kappa shape index (κ3) is 5.14. The first kappa shape index (κ1) is 11.8. The van der Waals surface area contributed by atoms with Crippen molar-refractivity contribution in [3.63, 3.8) is 0 Å². The van der Waals surface area contributed by atoms with Crippen molar-refractivity contribution >= 4 is 11.8 Å². The first-order chi connectivity index (χ1) is 6.11. The van der Waals surface area contributed by atoms with Crippen molar-refractivity contribution in [3.05, 3.63) is 12.7 Å². The van der Waals surface area contributed by atoms with Crippen LogP contribution in [-0.2, 0) is 19.1 Å². The molecule has 0 aromatic carbocycles. The number of carbonyl (C=O) groups is 2. The zero-order valence-electron chi connectivity index (χ0n) is 7.91. The number of ketones is 1. The molecule has 0 aliphatic rings. The number of methoxy groups -OCH3 is 1. The lowest BCUT2D eigenvalue weighted by Crippen LogP contribution is -2.26. The lowest BCUT2D eigenvalue weighted by molar-refractivity contribution is -0.157. The summed E-state index contributed by atoms with van der Waals surface area (Å²) in [6.07, 6.45) is 1.15. The van der Waals surface area contributed by atoms with Crippen LogP contribution in [0.25, 0.3) is 0 Å². The van der Waals surface area contributed by atoms with Gasteiger partial charge in [0.25, 0.3) is 0 Å². The van der Waals surface area contributed by atoms with Crippen molar-refractivity contribution in [2.24, 2.45) is 0 Å². The monoisotopic (exact) mass is 186 g/mol. The highest BCUT2D eigenvalue weighted by molar-refractivity contribution is 5.83. The van der Waals surface area contributed by atoms with Gasteiger partial charge in [-0.05, 0) is 6.92 Å². The molecule has 0 aliphatic heterocycles. The summed E-state index contributed by atoms with van der Waals surface area (Å²) in [5.41, 5.74) is 0. The molecule has 0 spiro atoms. The Bertz CT molecular complexity index is 198. The van der Waals surface area contributed by atoms with Crippen LogP contribution in [0.15, 0.2) is 12.7 Å². The van der Waals surface area contributed by atoms with Crippen LogP contribution in [0, 0.1) is 0 Å². The largest absolute Gasteiger partial charge is 0.452 e. The number of hydrogen-bond donors (Lipinski definition) is 0. The molecule has 1 unspecified atom stereocenters. The van der Waals surface area contributed by atoms with Gasteiger partial charge in [-0.1, -0.05) is 6.08 Å². The van der Waals surface area contributed by atoms with E-state index < -0.39 is 12.1 Å². The predicted octanol–water partition coefficient (Wildman–Crippen LogP) is 0.710. The van der Waals surface area contributed by atoms with Crippen LogP contribution in [0.5, 0.6) is 0 Å². The van der Waals surface area contributed by atoms with E-state index in [-0.39, 0.29) is 12.4 Å². The number of hydrogen-bond acceptors (Lipinski definition) is 4. The molecule has 0 saturated carbocycles. The summed E-state index contributed by atoms with van der Waals surface area (Å²) in [7, 11) is 1.39. The minimum atomic E-state index is -0.722. The van der Waals surface area contributed by atoms with Gasteiger partial charge in [0.15, 0.2) is 11.9 Å². The summed E-state index contributed by atoms with van der Waals surface area (Å²) in [6, 6.07) is 0. The van der Waals surface area contributed by atoms with E-state index in [2.05, 4.69) is 11.3 Å². The quantitative estimate of drug-likeness (QED) is 0.453. The molecule has 1 atom stereocenters. The Morgan fingerprint density at radius 2 is 2.15 bits per heavy atom. The first-order valence-electron chi connectivity index (χ1n) is 3.91. The van der Waals surface area contributed by atoms with E-state index in [0.29, 0.717) is 6.42 Å². The topological polar surface area (TPSA) is 52.6 Å². The van der Waals surface area contributed by atoms with Gasteiger partial charge in [-0.3, -0.25) is 4.79 Å². The van der Waals surface area contributed by atoms with Crippen molar-refractivity contribution < 1.29 is 19.1 Å². The van der Waals surface area contributed by atoms with Crippen LogP contribution >= 0.6 is 0 Å². The molecule has 0 radical (unpaired) electrons. The minimum Gasteiger partial charge on any atom is -0.452 e. The number of ether oxygens (including phenoxy) is 2. The summed E-state index contributed by atoms with van der Waals surface area (Å²) in [5, 5.41) is 0. The zero-order chi connectivity index (χ0) is 10.3. The Kier molecular flexibility index (Phi) is 5.80. The molecule has 0 fully saturated rings. The van der Waals surface area contributed by atoms with E-state index in [1.165, 1.54) is 20.1 Å². The number of esters is 1. The van der Waals surface area contributed by atoms with E-state index >= 15 is 0 Å². The average Bonchev–Trinajstić information content (AvgIpc) is 2.04. The van der Waals surface area contributed by atoms with Crippen LogP contribution in [0.4, 0.5) is 0 Å². The van der Waals surface area contributed by atoms with Gasteiger partial charge in [-0.2, -0.15) is 0 Å². The van der Waals surface area contributed by atoms with E-state index in [1.54, 1.807) is 0 Å². The third-order valence-corrected chi connectivity index (χ3v) is 1.37. The van der Waals surface area contributed by atoms with Crippen molar-refractivity contribution in [2.75, 3.05) is 13.7 Å². The van der Waals surface area contributed by atoms with Gasteiger partial charge in [-0.25, -0.2) is 4.79 Å². The summed E-state index contributed by atoms with van der Waals surface area (Å²) in [6.45, 7) is 4.69. The number of Topliss-reactive ketones (excluding diaryl/α,β-unsaturated/α-hetero) is 1. The van der Waals surface area contributed by atoms with Crippen LogP contribution in [0.1, 0.15) is 13.3 Å². The molecule has 13 heavy (non-hydrogen) atoms. The summed E-state index contributed by atoms with van der Waals surface area (Å²) in [5.74, 6) is -0.728. The molecular formula is C9H14O4. The molecule has 74 valence electrons. The highest BCUT2D eigenvalue weighted by Crippen LogP contribution is 2.01. The van der Waals surface area contributed by atoms with E-state index in [1.807, 2.05) is 0 Å². The Labute approximate surface area is 77.5 Å². The molecule has 0 amide bonds. The predicted molar refractivity (Wildman–Crippen MR) is 47.3 cm³/mol. The Morgan fingerprint density at radius 1 is 1.54 bits per heavy atom. The lowest BCUT2D eigenvalue weighted by Gasteiger charge is -2.12. The van der Waals surface area contributed by atoms with Gasteiger partial charge in [0.05, 0.1) is 0 Å². The lowest BCUT2D eigenvalue weighted by atomic mass is 10.2. The van der Waals surface area contributed by atoms with E-state index in [9.17, 15) is 9.59 Å². The van der Waals surface area contributed by atoms with Crippen molar-refractivity contribution in [1.29, 1.82) is 0 Å². The van der Waals surface area contributed by atoms with Gasteiger partial charge in [0.2, 0.25) is 0 Å². The SMILES string of the molecule is C=CCC(OC(=O)COC)C(C)=O. The van der Waals surface area contributed by atoms with E-state index in [0.717, 1.165) is 0 Å². The second kappa shape index (κ2) is 6.37. The van der Waals surface area contributed by atoms with Gasteiger partial charge in [0.1, 0.15) is 6.61 Å². The summed E-state index contributed by atoms with van der Waals surface area (Å²) >= 11 is 0. The maximum atomic E-state index is 10.9. The molecule has 0 aromatic rings. The minimum absolute atomic E-state index is 0.138. The fourth-order valence-corrected chi connectivity index (χ4v) is 0.759. The Hall–Kier alpha value is -1.16. The van der Waals surface area contributed by atoms with Crippen molar-refractivity contribution in [3.8, 4) is 0 Å². The molecule has 4 nitrogen and oxygen atoms in total. The normalized spacial score (nSPS) is 11.8. The molecule has 0 heterocycles. The third-order valence-electron chi connectivity index (χ3n) is 1.37. The van der Waals surface area contributed by atoms with Crippen LogP contribution < -0.4 is 0 Å². The molecule has 0 bridgehead atoms. The molecule has 0 N–H and O–H groups in total. The van der Waals surface area contributed by atoms with Gasteiger partial charge < -0.3 is 9.47 Å². The summed E-state index contributed by atoms with van der Waals surface area (Å²) in [4.78, 5) is 21.8. The standard InChI is InChI=1S/C9H14O4/c1-4-5-8(7(2)10)13-9(11)6-12-3/h4,8H,1,5-6H2,2-3H3. The van der Waals surface area contributed by atoms with Gasteiger partial charge in [0, 0.05) is 13.5 Å². The summed E-state index contributed by atoms with van der Waals surface area (Å²) < 4.78 is 9.36. The average molecular weight is 186 g/mol. The molecule has 4 heteroatoms. The second-order valence-corrected chi connectivity index (χ2v) is 2.55. The fourth-order valence-electron chi connectivity index (χ4n) is 0.759. The van der Waals surface area contributed by atoms with Crippen LogP contribution in [0.2, 0.25) is 0 Å². The number of carbonyl (C=O) groups excluding carboxylic acids is 2. The van der Waals surface area contributed by atoms with Crippen LogP contribution in [-0.4, -0.2) is 31.6 Å². The van der Waals surface area contributed by atoms with Crippen molar-refractivity contribution in [2.45, 2.75) is 19.4 Å². The van der Waals surface area contributed by atoms with Crippen molar-refractivity contribution in [1.82, 2.24) is 0 Å². The highest BCUT2D eigenvalue weighted by Gasteiger charge is 2.16. The second-order valence-electron chi connectivity index (χ2n) is 2.55. The van der Waals surface area contributed by atoms with Gasteiger partial charge in [-0.15, -0.1) is 6.58 Å². The smallest absolute Gasteiger partial charge is 0.332 e. The Balaban J connectivity index is 4.01. The maximum absolute atomic E-state index is 10.9. The van der Waals surface area contributed by atoms with Crippen LogP contribution in [0.3, 0.4) is 0 Å². The molecule has 0 saturated heterocycles. The van der Waals surface area contributed by atoms with Gasteiger partial charge >= 0.3 is 5.97 Å².